The van der Waals surface area contributed by atoms with Crippen LogP contribution in [0.15, 0.2) is 24.3 Å². The quantitative estimate of drug-likeness (QED) is 0.938. The molecule has 20 heavy (non-hydrogen) atoms. The smallest absolute Gasteiger partial charge is 0.161 e. The van der Waals surface area contributed by atoms with Crippen LogP contribution in [0.1, 0.15) is 33.4 Å². The van der Waals surface area contributed by atoms with E-state index in [4.69, 9.17) is 9.47 Å². The van der Waals surface area contributed by atoms with Crippen molar-refractivity contribution < 1.29 is 14.6 Å². The van der Waals surface area contributed by atoms with E-state index in [1.165, 1.54) is 16.9 Å². The van der Waals surface area contributed by atoms with E-state index in [1.54, 1.807) is 25.6 Å². The van der Waals surface area contributed by atoms with Crippen LogP contribution in [0.3, 0.4) is 0 Å². The Labute approximate surface area is 122 Å². The van der Waals surface area contributed by atoms with Crippen molar-refractivity contribution in [2.45, 2.75) is 25.4 Å². The lowest BCUT2D eigenvalue weighted by molar-refractivity contribution is 0.223. The number of fused-ring (bicyclic) bond motifs is 1. The van der Waals surface area contributed by atoms with Crippen LogP contribution in [0.2, 0.25) is 0 Å². The van der Waals surface area contributed by atoms with Crippen molar-refractivity contribution in [3.05, 3.63) is 45.1 Å². The van der Waals surface area contributed by atoms with Crippen LogP contribution in [0.5, 0.6) is 11.5 Å². The average Bonchev–Trinajstić information content (AvgIpc) is 3.06. The van der Waals surface area contributed by atoms with Crippen LogP contribution in [0.25, 0.3) is 0 Å². The molecular weight excluding hydrogens is 272 g/mol. The maximum Gasteiger partial charge on any atom is 0.161 e. The molecule has 1 aromatic heterocycles. The Morgan fingerprint density at radius 3 is 2.60 bits per heavy atom. The summed E-state index contributed by atoms with van der Waals surface area (Å²) >= 11 is 1.73. The number of ether oxygens (including phenoxy) is 2. The van der Waals surface area contributed by atoms with Crippen molar-refractivity contribution in [1.29, 1.82) is 0 Å². The Morgan fingerprint density at radius 1 is 1.10 bits per heavy atom. The van der Waals surface area contributed by atoms with Gasteiger partial charge in [-0.25, -0.2) is 0 Å². The van der Waals surface area contributed by atoms with Gasteiger partial charge in [0.25, 0.3) is 0 Å². The Kier molecular flexibility index (Phi) is 3.68. The molecule has 1 heterocycles. The fourth-order valence-corrected chi connectivity index (χ4v) is 3.95. The molecule has 1 aliphatic rings. The van der Waals surface area contributed by atoms with Gasteiger partial charge in [-0.3, -0.25) is 0 Å². The van der Waals surface area contributed by atoms with Crippen LogP contribution in [0, 0.1) is 0 Å². The number of aryl methyl sites for hydroxylation is 2. The molecular formula is C16H18O3S. The van der Waals surface area contributed by atoms with E-state index in [-0.39, 0.29) is 0 Å². The number of hydrogen-bond donors (Lipinski definition) is 1. The number of thiophene rings is 1. The van der Waals surface area contributed by atoms with Gasteiger partial charge in [-0.15, -0.1) is 11.3 Å². The number of rotatable bonds is 4. The highest BCUT2D eigenvalue weighted by atomic mass is 32.1. The summed E-state index contributed by atoms with van der Waals surface area (Å²) in [6.07, 6.45) is 2.95. The molecule has 0 fully saturated rings. The molecule has 1 atom stereocenters. The topological polar surface area (TPSA) is 38.7 Å². The largest absolute Gasteiger partial charge is 0.493 e. The first-order chi connectivity index (χ1) is 9.72. The Hall–Kier alpha value is -1.52. The Balaban J connectivity index is 1.91. The predicted molar refractivity (Wildman–Crippen MR) is 80.0 cm³/mol. The number of aliphatic hydroxyl groups excluding tert-OH is 1. The van der Waals surface area contributed by atoms with E-state index >= 15 is 0 Å². The molecule has 3 nitrogen and oxygen atoms in total. The molecule has 0 amide bonds. The first kappa shape index (κ1) is 13.5. The molecule has 1 unspecified atom stereocenters. The lowest BCUT2D eigenvalue weighted by Gasteiger charge is -2.13. The fraction of sp³-hybridized carbons (Fsp3) is 0.375. The van der Waals surface area contributed by atoms with Crippen LogP contribution in [-0.4, -0.2) is 19.3 Å². The molecule has 0 radical (unpaired) electrons. The summed E-state index contributed by atoms with van der Waals surface area (Å²) in [5.41, 5.74) is 2.24. The first-order valence-corrected chi connectivity index (χ1v) is 7.56. The average molecular weight is 290 g/mol. The van der Waals surface area contributed by atoms with Gasteiger partial charge in [0.05, 0.1) is 14.2 Å². The third kappa shape index (κ3) is 2.30. The number of aliphatic hydroxyl groups is 1. The third-order valence-electron chi connectivity index (χ3n) is 3.76. The molecule has 1 aliphatic carbocycles. The lowest BCUT2D eigenvalue weighted by atomic mass is 10.1. The van der Waals surface area contributed by atoms with E-state index in [2.05, 4.69) is 6.07 Å². The molecule has 0 saturated carbocycles. The molecule has 106 valence electrons. The zero-order valence-corrected chi connectivity index (χ0v) is 12.5. The van der Waals surface area contributed by atoms with Crippen molar-refractivity contribution in [3.8, 4) is 11.5 Å². The second-order valence-corrected chi connectivity index (χ2v) is 6.14. The summed E-state index contributed by atoms with van der Waals surface area (Å²) in [4.78, 5) is 2.45. The summed E-state index contributed by atoms with van der Waals surface area (Å²) in [6, 6.07) is 7.71. The summed E-state index contributed by atoms with van der Waals surface area (Å²) in [5, 5.41) is 10.5. The normalized spacial score (nSPS) is 14.9. The molecule has 2 aromatic rings. The van der Waals surface area contributed by atoms with Crippen molar-refractivity contribution in [1.82, 2.24) is 0 Å². The minimum Gasteiger partial charge on any atom is -0.493 e. The minimum absolute atomic E-state index is 0.592. The maximum atomic E-state index is 10.5. The van der Waals surface area contributed by atoms with Gasteiger partial charge in [-0.2, -0.15) is 0 Å². The summed E-state index contributed by atoms with van der Waals surface area (Å²) < 4.78 is 10.5. The van der Waals surface area contributed by atoms with E-state index in [9.17, 15) is 5.11 Å². The predicted octanol–water partition coefficient (Wildman–Crippen LogP) is 3.34. The summed E-state index contributed by atoms with van der Waals surface area (Å²) in [6.45, 7) is 0. The molecule has 4 heteroatoms. The first-order valence-electron chi connectivity index (χ1n) is 6.74. The zero-order chi connectivity index (χ0) is 14.1. The molecule has 3 rings (SSSR count). The number of hydrogen-bond acceptors (Lipinski definition) is 4. The Bertz CT molecular complexity index is 597. The fourth-order valence-electron chi connectivity index (χ4n) is 2.67. The van der Waals surface area contributed by atoms with Gasteiger partial charge in [0, 0.05) is 9.75 Å². The van der Waals surface area contributed by atoms with Gasteiger partial charge < -0.3 is 14.6 Å². The van der Waals surface area contributed by atoms with E-state index in [0.29, 0.717) is 11.5 Å². The van der Waals surface area contributed by atoms with Crippen molar-refractivity contribution in [2.24, 2.45) is 0 Å². The second-order valence-electron chi connectivity index (χ2n) is 4.97. The summed E-state index contributed by atoms with van der Waals surface area (Å²) in [5.74, 6) is 1.32. The van der Waals surface area contributed by atoms with Gasteiger partial charge in [-0.1, -0.05) is 6.07 Å². The van der Waals surface area contributed by atoms with E-state index in [1.807, 2.05) is 18.2 Å². The van der Waals surface area contributed by atoms with Crippen LogP contribution in [0.4, 0.5) is 0 Å². The highest BCUT2D eigenvalue weighted by Gasteiger charge is 2.20. The molecule has 0 bridgehead atoms. The maximum absolute atomic E-state index is 10.5. The molecule has 0 spiro atoms. The van der Waals surface area contributed by atoms with Gasteiger partial charge in [0.1, 0.15) is 6.10 Å². The standard InChI is InChI=1S/C16H18O3S/c1-18-12-7-6-11(8-13(12)19-2)16(17)15-9-10-4-3-5-14(10)20-15/h6-9,16-17H,3-5H2,1-2H3. The van der Waals surface area contributed by atoms with Crippen LogP contribution < -0.4 is 9.47 Å². The minimum atomic E-state index is -0.592. The van der Waals surface area contributed by atoms with Crippen molar-refractivity contribution in [2.75, 3.05) is 14.2 Å². The van der Waals surface area contributed by atoms with Crippen molar-refractivity contribution in [3.63, 3.8) is 0 Å². The third-order valence-corrected chi connectivity index (χ3v) is 5.05. The molecule has 0 saturated heterocycles. The number of methoxy groups -OCH3 is 2. The molecule has 1 N–H and O–H groups in total. The zero-order valence-electron chi connectivity index (χ0n) is 11.7. The highest BCUT2D eigenvalue weighted by molar-refractivity contribution is 7.12. The van der Waals surface area contributed by atoms with Crippen LogP contribution in [-0.2, 0) is 12.8 Å². The monoisotopic (exact) mass is 290 g/mol. The van der Waals surface area contributed by atoms with Gasteiger partial charge >= 0.3 is 0 Å². The molecule has 1 aromatic carbocycles. The van der Waals surface area contributed by atoms with Gasteiger partial charge in [-0.05, 0) is 48.6 Å². The highest BCUT2D eigenvalue weighted by Crippen LogP contribution is 2.38. The summed E-state index contributed by atoms with van der Waals surface area (Å²) in [7, 11) is 3.21. The van der Waals surface area contributed by atoms with Gasteiger partial charge in [0.15, 0.2) is 11.5 Å². The van der Waals surface area contributed by atoms with E-state index in [0.717, 1.165) is 23.3 Å². The second kappa shape index (κ2) is 5.46. The lowest BCUT2D eigenvalue weighted by Crippen LogP contribution is -1.99. The van der Waals surface area contributed by atoms with Crippen LogP contribution >= 0.6 is 11.3 Å². The molecule has 0 aliphatic heterocycles. The van der Waals surface area contributed by atoms with Gasteiger partial charge in [0.2, 0.25) is 0 Å². The Morgan fingerprint density at radius 2 is 1.90 bits per heavy atom. The van der Waals surface area contributed by atoms with E-state index < -0.39 is 6.10 Å². The SMILES string of the molecule is COc1ccc(C(O)c2cc3c(s2)CCC3)cc1OC. The number of benzene rings is 1. The van der Waals surface area contributed by atoms with Crippen molar-refractivity contribution >= 4 is 11.3 Å².